The highest BCUT2D eigenvalue weighted by atomic mass is 19.1. The molecule has 1 atom stereocenters. The van der Waals surface area contributed by atoms with Gasteiger partial charge in [-0.15, -0.1) is 0 Å². The lowest BCUT2D eigenvalue weighted by atomic mass is 9.97. The largest absolute Gasteiger partial charge is 0.388 e. The van der Waals surface area contributed by atoms with Crippen LogP contribution in [0.25, 0.3) is 0 Å². The fraction of sp³-hybridized carbons (Fsp3) is 0.333. The summed E-state index contributed by atoms with van der Waals surface area (Å²) in [7, 11) is 0. The summed E-state index contributed by atoms with van der Waals surface area (Å²) < 4.78 is 13.0. The second-order valence-corrected chi connectivity index (χ2v) is 4.82. The Morgan fingerprint density at radius 2 is 1.89 bits per heavy atom. The summed E-state index contributed by atoms with van der Waals surface area (Å²) in [6.07, 6.45) is -0.212. The summed E-state index contributed by atoms with van der Waals surface area (Å²) in [6, 6.07) is 6.44. The number of halogens is 1. The molecule has 2 rings (SSSR count). The van der Waals surface area contributed by atoms with E-state index in [9.17, 15) is 9.50 Å². The molecule has 4 heteroatoms. The van der Waals surface area contributed by atoms with Gasteiger partial charge in [-0.2, -0.15) is 10.2 Å². The van der Waals surface area contributed by atoms with Crippen molar-refractivity contribution in [1.29, 1.82) is 0 Å². The highest BCUT2D eigenvalue weighted by molar-refractivity contribution is 5.30. The zero-order valence-electron chi connectivity index (χ0n) is 11.3. The molecule has 1 unspecified atom stereocenters. The molecule has 0 amide bonds. The van der Waals surface area contributed by atoms with Crippen LogP contribution in [0.3, 0.4) is 0 Å². The molecule has 3 nitrogen and oxygen atoms in total. The Kier molecular flexibility index (Phi) is 3.90. The van der Waals surface area contributed by atoms with Crippen molar-refractivity contribution in [1.82, 2.24) is 10.2 Å². The van der Waals surface area contributed by atoms with E-state index in [-0.39, 0.29) is 5.82 Å². The third kappa shape index (κ3) is 3.15. The summed E-state index contributed by atoms with van der Waals surface area (Å²) in [4.78, 5) is 0. The molecule has 0 saturated heterocycles. The summed E-state index contributed by atoms with van der Waals surface area (Å²) in [5, 5.41) is 18.3. The van der Waals surface area contributed by atoms with E-state index < -0.39 is 6.10 Å². The maximum atomic E-state index is 13.0. The number of nitrogens with zero attached hydrogens (tertiary/aromatic N) is 2. The predicted octanol–water partition coefficient (Wildman–Crippen LogP) is 2.82. The molecular formula is C15H17FN2O. The zero-order valence-corrected chi connectivity index (χ0v) is 11.3. The van der Waals surface area contributed by atoms with E-state index in [0.29, 0.717) is 6.42 Å². The number of aliphatic hydroxyl groups excluding tert-OH is 1. The SMILES string of the molecule is Cc1cc(C(O)Cc2ccc(F)cc2C)c(C)nn1. The van der Waals surface area contributed by atoms with Crippen molar-refractivity contribution in [2.45, 2.75) is 33.3 Å². The van der Waals surface area contributed by atoms with Crippen molar-refractivity contribution in [3.05, 3.63) is 58.2 Å². The normalized spacial score (nSPS) is 12.5. The average Bonchev–Trinajstić information content (AvgIpc) is 2.35. The van der Waals surface area contributed by atoms with Gasteiger partial charge < -0.3 is 5.11 Å². The first-order valence-electron chi connectivity index (χ1n) is 6.21. The van der Waals surface area contributed by atoms with Gasteiger partial charge in [-0.1, -0.05) is 6.07 Å². The Morgan fingerprint density at radius 1 is 1.16 bits per heavy atom. The van der Waals surface area contributed by atoms with Gasteiger partial charge in [0.2, 0.25) is 0 Å². The molecule has 100 valence electrons. The van der Waals surface area contributed by atoms with Crippen LogP contribution in [-0.4, -0.2) is 15.3 Å². The van der Waals surface area contributed by atoms with Gasteiger partial charge in [0.15, 0.2) is 0 Å². The maximum Gasteiger partial charge on any atom is 0.123 e. The van der Waals surface area contributed by atoms with Gasteiger partial charge in [0.1, 0.15) is 5.82 Å². The second kappa shape index (κ2) is 5.45. The standard InChI is InChI=1S/C15H17FN2O/c1-9-6-13(16)5-4-12(9)8-15(19)14-7-10(2)17-18-11(14)3/h4-7,15,19H,8H2,1-3H3. The molecule has 0 bridgehead atoms. The third-order valence-corrected chi connectivity index (χ3v) is 3.22. The molecule has 0 aliphatic carbocycles. The van der Waals surface area contributed by atoms with Crippen LogP contribution in [0.4, 0.5) is 4.39 Å². The number of rotatable bonds is 3. The quantitative estimate of drug-likeness (QED) is 0.923. The van der Waals surface area contributed by atoms with Gasteiger partial charge in [-0.3, -0.25) is 0 Å². The van der Waals surface area contributed by atoms with E-state index in [2.05, 4.69) is 10.2 Å². The van der Waals surface area contributed by atoms with Gasteiger partial charge in [0, 0.05) is 12.0 Å². The van der Waals surface area contributed by atoms with Crippen molar-refractivity contribution in [2.75, 3.05) is 0 Å². The smallest absolute Gasteiger partial charge is 0.123 e. The monoisotopic (exact) mass is 260 g/mol. The summed E-state index contributed by atoms with van der Waals surface area (Å²) in [5.74, 6) is -0.256. The van der Waals surface area contributed by atoms with Gasteiger partial charge in [-0.25, -0.2) is 4.39 Å². The average molecular weight is 260 g/mol. The van der Waals surface area contributed by atoms with Crippen LogP contribution < -0.4 is 0 Å². The minimum Gasteiger partial charge on any atom is -0.388 e. The molecule has 2 aromatic rings. The van der Waals surface area contributed by atoms with Crippen LogP contribution in [-0.2, 0) is 6.42 Å². The van der Waals surface area contributed by atoms with E-state index >= 15 is 0 Å². The number of hydrogen-bond acceptors (Lipinski definition) is 3. The van der Waals surface area contributed by atoms with Crippen molar-refractivity contribution in [2.24, 2.45) is 0 Å². The molecule has 0 spiro atoms. The minimum absolute atomic E-state index is 0.256. The van der Waals surface area contributed by atoms with Gasteiger partial charge >= 0.3 is 0 Å². The number of aryl methyl sites for hydroxylation is 3. The molecule has 1 aromatic heterocycles. The maximum absolute atomic E-state index is 13.0. The number of hydrogen-bond donors (Lipinski definition) is 1. The van der Waals surface area contributed by atoms with Crippen LogP contribution in [0.1, 0.15) is 34.2 Å². The van der Waals surface area contributed by atoms with E-state index in [0.717, 1.165) is 28.1 Å². The molecule has 1 aromatic carbocycles. The summed E-state index contributed by atoms with van der Waals surface area (Å²) >= 11 is 0. The van der Waals surface area contributed by atoms with Crippen LogP contribution >= 0.6 is 0 Å². The van der Waals surface area contributed by atoms with E-state index in [1.54, 1.807) is 6.07 Å². The molecule has 0 aliphatic heterocycles. The first-order chi connectivity index (χ1) is 8.97. The molecule has 1 heterocycles. The van der Waals surface area contributed by atoms with Crippen molar-refractivity contribution >= 4 is 0 Å². The lowest BCUT2D eigenvalue weighted by Gasteiger charge is -2.14. The molecule has 0 radical (unpaired) electrons. The third-order valence-electron chi connectivity index (χ3n) is 3.22. The summed E-state index contributed by atoms with van der Waals surface area (Å²) in [5.41, 5.74) is 4.04. The molecule has 0 aliphatic rings. The molecule has 19 heavy (non-hydrogen) atoms. The zero-order chi connectivity index (χ0) is 14.0. The highest BCUT2D eigenvalue weighted by Gasteiger charge is 2.14. The Balaban J connectivity index is 2.25. The van der Waals surface area contributed by atoms with Gasteiger partial charge in [0.25, 0.3) is 0 Å². The van der Waals surface area contributed by atoms with Crippen LogP contribution in [0.2, 0.25) is 0 Å². The summed E-state index contributed by atoms with van der Waals surface area (Å²) in [6.45, 7) is 5.50. The molecular weight excluding hydrogens is 243 g/mol. The number of aromatic nitrogens is 2. The van der Waals surface area contributed by atoms with Crippen molar-refractivity contribution in [3.8, 4) is 0 Å². The first kappa shape index (κ1) is 13.6. The van der Waals surface area contributed by atoms with Crippen molar-refractivity contribution < 1.29 is 9.50 Å². The predicted molar refractivity (Wildman–Crippen MR) is 71.3 cm³/mol. The first-order valence-corrected chi connectivity index (χ1v) is 6.21. The highest BCUT2D eigenvalue weighted by Crippen LogP contribution is 2.22. The van der Waals surface area contributed by atoms with Gasteiger partial charge in [-0.05, 0) is 50.1 Å². The fourth-order valence-corrected chi connectivity index (χ4v) is 2.11. The number of benzene rings is 1. The van der Waals surface area contributed by atoms with Crippen LogP contribution in [0, 0.1) is 26.6 Å². The Labute approximate surface area is 112 Å². The van der Waals surface area contributed by atoms with Crippen LogP contribution in [0.5, 0.6) is 0 Å². The Hall–Kier alpha value is -1.81. The molecule has 0 fully saturated rings. The molecule has 1 N–H and O–H groups in total. The topological polar surface area (TPSA) is 46.0 Å². The van der Waals surface area contributed by atoms with Gasteiger partial charge in [0.05, 0.1) is 17.5 Å². The second-order valence-electron chi connectivity index (χ2n) is 4.82. The Morgan fingerprint density at radius 3 is 2.58 bits per heavy atom. The lowest BCUT2D eigenvalue weighted by molar-refractivity contribution is 0.176. The number of aliphatic hydroxyl groups is 1. The van der Waals surface area contributed by atoms with Crippen LogP contribution in [0.15, 0.2) is 24.3 Å². The van der Waals surface area contributed by atoms with E-state index in [4.69, 9.17) is 0 Å². The minimum atomic E-state index is -0.654. The Bertz CT molecular complexity index is 599. The fourth-order valence-electron chi connectivity index (χ4n) is 2.11. The van der Waals surface area contributed by atoms with E-state index in [1.807, 2.05) is 26.8 Å². The molecule has 0 saturated carbocycles. The van der Waals surface area contributed by atoms with E-state index in [1.165, 1.54) is 12.1 Å². The van der Waals surface area contributed by atoms with Crippen molar-refractivity contribution in [3.63, 3.8) is 0 Å². The lowest BCUT2D eigenvalue weighted by Crippen LogP contribution is -2.08.